The summed E-state index contributed by atoms with van der Waals surface area (Å²) in [6.07, 6.45) is 1.37. The zero-order valence-electron chi connectivity index (χ0n) is 15.4. The number of rotatable bonds is 4. The minimum atomic E-state index is -0.535. The van der Waals surface area contributed by atoms with Crippen molar-refractivity contribution >= 4 is 34.9 Å². The number of hydrogen-bond acceptors (Lipinski definition) is 5. The van der Waals surface area contributed by atoms with Gasteiger partial charge >= 0.3 is 0 Å². The van der Waals surface area contributed by atoms with Crippen molar-refractivity contribution in [2.45, 2.75) is 17.2 Å². The topological polar surface area (TPSA) is 90.2 Å². The van der Waals surface area contributed by atoms with Gasteiger partial charge in [-0.25, -0.2) is 0 Å². The van der Waals surface area contributed by atoms with Gasteiger partial charge in [-0.05, 0) is 43.0 Å². The number of anilines is 1. The first-order valence-corrected chi connectivity index (χ1v) is 9.82. The predicted octanol–water partition coefficient (Wildman–Crippen LogP) is 3.21. The predicted molar refractivity (Wildman–Crippen MR) is 109 cm³/mol. The highest BCUT2D eigenvalue weighted by Gasteiger charge is 2.29. The van der Waals surface area contributed by atoms with E-state index in [2.05, 4.69) is 5.32 Å². The second-order valence-corrected chi connectivity index (χ2v) is 7.94. The smallest absolute Gasteiger partial charge is 0.252 e. The number of carbonyl (C=O) groups is 3. The van der Waals surface area contributed by atoms with Crippen LogP contribution in [0.1, 0.15) is 38.8 Å². The number of amides is 1. The molecule has 1 aliphatic rings. The Hall–Kier alpha value is -3.45. The number of carbonyl (C=O) groups excluding carboxylic acids is 3. The van der Waals surface area contributed by atoms with E-state index in [9.17, 15) is 19.6 Å². The summed E-state index contributed by atoms with van der Waals surface area (Å²) in [4.78, 5) is 38.0. The van der Waals surface area contributed by atoms with Gasteiger partial charge in [-0.15, -0.1) is 0 Å². The summed E-state index contributed by atoms with van der Waals surface area (Å²) in [6.45, 7) is 1.69. The van der Waals surface area contributed by atoms with E-state index in [1.807, 2.05) is 0 Å². The van der Waals surface area contributed by atoms with Crippen LogP contribution in [0, 0.1) is 5.21 Å². The minimum absolute atomic E-state index is 0.207. The van der Waals surface area contributed by atoms with Crippen LogP contribution in [0.5, 0.6) is 0 Å². The van der Waals surface area contributed by atoms with Crippen molar-refractivity contribution in [3.8, 4) is 0 Å². The second-order valence-electron chi connectivity index (χ2n) is 6.58. The summed E-state index contributed by atoms with van der Waals surface area (Å²) in [5, 5.41) is 14.4. The van der Waals surface area contributed by atoms with E-state index in [-0.39, 0.29) is 23.0 Å². The average molecular weight is 404 g/mol. The van der Waals surface area contributed by atoms with Crippen molar-refractivity contribution in [1.29, 1.82) is 0 Å². The molecular formula is C22H16N2O4S. The van der Waals surface area contributed by atoms with E-state index in [1.54, 1.807) is 61.5 Å². The molecule has 1 aromatic heterocycles. The Morgan fingerprint density at radius 1 is 0.931 bits per heavy atom. The fourth-order valence-electron chi connectivity index (χ4n) is 3.16. The van der Waals surface area contributed by atoms with Crippen molar-refractivity contribution in [2.24, 2.45) is 0 Å². The van der Waals surface area contributed by atoms with Crippen molar-refractivity contribution < 1.29 is 19.1 Å². The normalized spacial score (nSPS) is 13.4. The molecule has 2 aromatic carbocycles. The lowest BCUT2D eigenvalue weighted by Gasteiger charge is -2.18. The molecule has 0 aliphatic heterocycles. The number of fused-ring (bicyclic) bond motifs is 2. The third-order valence-corrected chi connectivity index (χ3v) is 5.77. The molecule has 1 N–H and O–H groups in total. The number of pyridine rings is 1. The van der Waals surface area contributed by atoms with Crippen LogP contribution in [0.3, 0.4) is 0 Å². The molecular weight excluding hydrogens is 388 g/mol. The summed E-state index contributed by atoms with van der Waals surface area (Å²) < 4.78 is 0.703. The highest BCUT2D eigenvalue weighted by Crippen LogP contribution is 2.29. The van der Waals surface area contributed by atoms with Gasteiger partial charge in [0.05, 0.1) is 5.25 Å². The van der Waals surface area contributed by atoms with Crippen LogP contribution >= 0.6 is 11.8 Å². The maximum Gasteiger partial charge on any atom is 0.252 e. The zero-order valence-corrected chi connectivity index (χ0v) is 16.2. The molecule has 3 aromatic rings. The van der Waals surface area contributed by atoms with E-state index in [1.165, 1.54) is 12.3 Å². The first-order valence-electron chi connectivity index (χ1n) is 8.94. The van der Waals surface area contributed by atoms with E-state index in [0.29, 0.717) is 32.1 Å². The Morgan fingerprint density at radius 2 is 1.55 bits per heavy atom. The van der Waals surface area contributed by atoms with Crippen LogP contribution in [0.15, 0.2) is 71.9 Å². The molecule has 1 amide bonds. The van der Waals surface area contributed by atoms with Gasteiger partial charge in [-0.2, -0.15) is 4.73 Å². The largest absolute Gasteiger partial charge is 0.618 e. The lowest BCUT2D eigenvalue weighted by molar-refractivity contribution is -0.645. The van der Waals surface area contributed by atoms with Gasteiger partial charge in [-0.1, -0.05) is 24.3 Å². The summed E-state index contributed by atoms with van der Waals surface area (Å²) >= 11 is 1.14. The molecule has 1 heterocycles. The van der Waals surface area contributed by atoms with E-state index >= 15 is 0 Å². The van der Waals surface area contributed by atoms with Crippen LogP contribution < -0.4 is 10.0 Å². The van der Waals surface area contributed by atoms with Crippen LogP contribution in [-0.4, -0.2) is 22.7 Å². The fraction of sp³-hybridized carbons (Fsp3) is 0.0909. The summed E-state index contributed by atoms with van der Waals surface area (Å²) in [6, 6.07) is 16.4. The molecule has 0 fully saturated rings. The van der Waals surface area contributed by atoms with Crippen LogP contribution in [0.2, 0.25) is 0 Å². The third kappa shape index (κ3) is 3.52. The summed E-state index contributed by atoms with van der Waals surface area (Å²) in [7, 11) is 0. The van der Waals surface area contributed by atoms with Crippen molar-refractivity contribution in [3.63, 3.8) is 0 Å². The number of nitrogens with zero attached hydrogens (tertiary/aromatic N) is 1. The molecule has 0 spiro atoms. The molecule has 0 saturated heterocycles. The van der Waals surface area contributed by atoms with E-state index in [0.717, 1.165) is 11.8 Å². The first kappa shape index (κ1) is 18.9. The Labute approximate surface area is 171 Å². The first-order chi connectivity index (χ1) is 14.0. The van der Waals surface area contributed by atoms with E-state index in [4.69, 9.17) is 0 Å². The number of nitrogens with one attached hydrogen (secondary N) is 1. The van der Waals surface area contributed by atoms with E-state index < -0.39 is 5.25 Å². The van der Waals surface area contributed by atoms with Gasteiger partial charge in [-0.3, -0.25) is 14.4 Å². The van der Waals surface area contributed by atoms with Crippen LogP contribution in [-0.2, 0) is 4.79 Å². The van der Waals surface area contributed by atoms with Crippen molar-refractivity contribution in [2.75, 3.05) is 5.32 Å². The highest BCUT2D eigenvalue weighted by molar-refractivity contribution is 8.00. The standard InChI is InChI=1S/C22H16N2O4S/c1-13(29-19-8-4-5-11-24(19)28)22(27)23-14-9-10-17-18(12-14)21(26)16-7-3-2-6-15(16)20(17)25/h2-13H,1H3,(H,23,27)/t13-/m1/s1. The van der Waals surface area contributed by atoms with Crippen molar-refractivity contribution in [1.82, 2.24) is 0 Å². The van der Waals surface area contributed by atoms with Gasteiger partial charge in [0.1, 0.15) is 0 Å². The molecule has 0 unspecified atom stereocenters. The number of benzene rings is 2. The number of hydrogen-bond donors (Lipinski definition) is 1. The maximum atomic E-state index is 12.8. The molecule has 29 heavy (non-hydrogen) atoms. The molecule has 4 rings (SSSR count). The SMILES string of the molecule is C[C@@H](Sc1cccc[n+]1[O-])C(=O)Nc1ccc2c(c1)C(=O)c1ccccc1C2=O. The lowest BCUT2D eigenvalue weighted by Crippen LogP contribution is -2.30. The molecule has 0 saturated carbocycles. The quantitative estimate of drug-likeness (QED) is 0.320. The van der Waals surface area contributed by atoms with Gasteiger partial charge < -0.3 is 10.5 Å². The highest BCUT2D eigenvalue weighted by atomic mass is 32.2. The maximum absolute atomic E-state index is 12.8. The lowest BCUT2D eigenvalue weighted by atomic mass is 9.84. The Balaban J connectivity index is 1.55. The fourth-order valence-corrected chi connectivity index (χ4v) is 4.01. The molecule has 1 atom stereocenters. The van der Waals surface area contributed by atoms with Gasteiger partial charge in [0.2, 0.25) is 5.91 Å². The molecule has 0 bridgehead atoms. The molecule has 1 aliphatic carbocycles. The monoisotopic (exact) mass is 404 g/mol. The number of aromatic nitrogens is 1. The van der Waals surface area contributed by atoms with Crippen LogP contribution in [0.4, 0.5) is 5.69 Å². The minimum Gasteiger partial charge on any atom is -0.618 e. The number of thioether (sulfide) groups is 1. The molecule has 6 nitrogen and oxygen atoms in total. The summed E-state index contributed by atoms with van der Waals surface area (Å²) in [5.41, 5.74) is 1.77. The summed E-state index contributed by atoms with van der Waals surface area (Å²) in [5.74, 6) is -0.764. The molecule has 0 radical (unpaired) electrons. The molecule has 144 valence electrons. The van der Waals surface area contributed by atoms with Crippen LogP contribution in [0.25, 0.3) is 0 Å². The van der Waals surface area contributed by atoms with Gasteiger partial charge in [0, 0.05) is 40.1 Å². The second kappa shape index (κ2) is 7.52. The molecule has 7 heteroatoms. The number of ketones is 2. The Bertz CT molecular complexity index is 1160. The zero-order chi connectivity index (χ0) is 20.5. The average Bonchev–Trinajstić information content (AvgIpc) is 2.73. The van der Waals surface area contributed by atoms with Gasteiger partial charge in [0.25, 0.3) is 5.03 Å². The Kier molecular flexibility index (Phi) is 4.90. The third-order valence-electron chi connectivity index (χ3n) is 4.65. The van der Waals surface area contributed by atoms with Gasteiger partial charge in [0.15, 0.2) is 17.8 Å². The van der Waals surface area contributed by atoms with Crippen molar-refractivity contribution in [3.05, 3.63) is 94.3 Å². The Morgan fingerprint density at radius 3 is 2.24 bits per heavy atom.